The molecule has 0 spiro atoms. The second-order valence-electron chi connectivity index (χ2n) is 7.04. The molecule has 0 radical (unpaired) electrons. The molecule has 174 valence electrons. The van der Waals surface area contributed by atoms with Crippen LogP contribution >= 0.6 is 0 Å². The average molecular weight is 452 g/mol. The Morgan fingerprint density at radius 1 is 0.818 bits per heavy atom. The Labute approximate surface area is 193 Å². The molecule has 0 atom stereocenters. The third kappa shape index (κ3) is 6.29. The lowest BCUT2D eigenvalue weighted by atomic mass is 10.1. The predicted molar refractivity (Wildman–Crippen MR) is 125 cm³/mol. The molecule has 0 aliphatic heterocycles. The van der Waals surface area contributed by atoms with Crippen LogP contribution in [0.4, 0.5) is 0 Å². The smallest absolute Gasteiger partial charge is 0.269 e. The number of hydrogen-bond donors (Lipinski definition) is 2. The molecule has 2 N–H and O–H groups in total. The monoisotopic (exact) mass is 451 g/mol. The number of nitrogens with zero attached hydrogens (tertiary/aromatic N) is 1. The third-order valence-electron chi connectivity index (χ3n) is 4.69. The van der Waals surface area contributed by atoms with E-state index in [2.05, 4.69) is 10.9 Å². The van der Waals surface area contributed by atoms with Crippen molar-refractivity contribution in [1.29, 1.82) is 0 Å². The number of hydrogen-bond acceptors (Lipinski definition) is 5. The Kier molecular flexibility index (Phi) is 8.35. The highest BCUT2D eigenvalue weighted by Gasteiger charge is 2.18. The van der Waals surface area contributed by atoms with Gasteiger partial charge in [0.05, 0.1) is 26.2 Å². The van der Waals surface area contributed by atoms with E-state index in [0.29, 0.717) is 37.1 Å². The van der Waals surface area contributed by atoms with Gasteiger partial charge in [-0.25, -0.2) is 0 Å². The first-order valence-corrected chi connectivity index (χ1v) is 10.9. The zero-order valence-corrected chi connectivity index (χ0v) is 19.1. The number of ether oxygens (including phenoxy) is 3. The summed E-state index contributed by atoms with van der Waals surface area (Å²) >= 11 is 0. The molecule has 8 nitrogen and oxygen atoms in total. The van der Waals surface area contributed by atoms with Gasteiger partial charge in [0.2, 0.25) is 11.7 Å². The third-order valence-corrected chi connectivity index (χ3v) is 4.69. The highest BCUT2D eigenvalue weighted by molar-refractivity contribution is 5.96. The summed E-state index contributed by atoms with van der Waals surface area (Å²) in [6.45, 7) is 6.76. The van der Waals surface area contributed by atoms with Crippen LogP contribution in [0.1, 0.15) is 36.7 Å². The number of carbonyl (C=O) groups is 2. The fourth-order valence-corrected chi connectivity index (χ4v) is 3.24. The predicted octanol–water partition coefficient (Wildman–Crippen LogP) is 3.68. The molecule has 1 heterocycles. The summed E-state index contributed by atoms with van der Waals surface area (Å²) in [5, 5.41) is 0. The van der Waals surface area contributed by atoms with Crippen molar-refractivity contribution in [3.8, 4) is 22.9 Å². The van der Waals surface area contributed by atoms with Gasteiger partial charge in [-0.2, -0.15) is 0 Å². The molecule has 0 aliphatic rings. The lowest BCUT2D eigenvalue weighted by Gasteiger charge is -2.17. The largest absolute Gasteiger partial charge is 0.490 e. The Balaban J connectivity index is 1.63. The molecule has 3 rings (SSSR count). The highest BCUT2D eigenvalue weighted by atomic mass is 16.5. The minimum atomic E-state index is -0.490. The first-order valence-electron chi connectivity index (χ1n) is 10.9. The lowest BCUT2D eigenvalue weighted by Crippen LogP contribution is -2.42. The van der Waals surface area contributed by atoms with Gasteiger partial charge >= 0.3 is 0 Å². The number of aromatic nitrogens is 1. The lowest BCUT2D eigenvalue weighted by molar-refractivity contribution is -0.121. The van der Waals surface area contributed by atoms with Crippen LogP contribution in [-0.2, 0) is 11.2 Å². The fraction of sp³-hybridized carbons (Fsp3) is 0.280. The SMILES string of the molecule is CCOc1cc(C(=O)NNC(=O)Cc2ccc(-n3cccc3)cc2)cc(OCC)c1OCC. The Bertz CT molecular complexity index is 1040. The van der Waals surface area contributed by atoms with Crippen LogP contribution in [0.2, 0.25) is 0 Å². The zero-order chi connectivity index (χ0) is 23.6. The number of carbonyl (C=O) groups excluding carboxylic acids is 2. The van der Waals surface area contributed by atoms with Crippen LogP contribution < -0.4 is 25.1 Å². The maximum atomic E-state index is 12.7. The van der Waals surface area contributed by atoms with E-state index in [1.54, 1.807) is 12.1 Å². The topological polar surface area (TPSA) is 90.8 Å². The number of benzene rings is 2. The molecule has 0 unspecified atom stereocenters. The number of rotatable bonds is 10. The van der Waals surface area contributed by atoms with Crippen molar-refractivity contribution in [3.63, 3.8) is 0 Å². The van der Waals surface area contributed by atoms with Crippen molar-refractivity contribution in [2.45, 2.75) is 27.2 Å². The summed E-state index contributed by atoms with van der Waals surface area (Å²) in [4.78, 5) is 25.0. The summed E-state index contributed by atoms with van der Waals surface area (Å²) in [6.07, 6.45) is 4.03. The Hall–Kier alpha value is -3.94. The molecular weight excluding hydrogens is 422 g/mol. The van der Waals surface area contributed by atoms with Crippen LogP contribution in [0.3, 0.4) is 0 Å². The molecule has 0 bridgehead atoms. The van der Waals surface area contributed by atoms with Gasteiger partial charge in [0, 0.05) is 23.6 Å². The van der Waals surface area contributed by atoms with Gasteiger partial charge in [0.15, 0.2) is 11.5 Å². The molecule has 1 aromatic heterocycles. The normalized spacial score (nSPS) is 10.4. The Morgan fingerprint density at radius 2 is 1.39 bits per heavy atom. The summed E-state index contributed by atoms with van der Waals surface area (Å²) in [5.74, 6) is 0.439. The first-order chi connectivity index (χ1) is 16.0. The maximum Gasteiger partial charge on any atom is 0.269 e. The van der Waals surface area contributed by atoms with Crippen molar-refractivity contribution in [2.75, 3.05) is 19.8 Å². The molecular formula is C25H29N3O5. The van der Waals surface area contributed by atoms with Crippen molar-refractivity contribution in [2.24, 2.45) is 0 Å². The van der Waals surface area contributed by atoms with Crippen LogP contribution in [0, 0.1) is 0 Å². The second kappa shape index (κ2) is 11.6. The molecule has 33 heavy (non-hydrogen) atoms. The summed E-state index contributed by atoms with van der Waals surface area (Å²) in [6, 6.07) is 14.7. The van der Waals surface area contributed by atoms with Crippen LogP contribution in [-0.4, -0.2) is 36.2 Å². The average Bonchev–Trinajstić information content (AvgIpc) is 3.35. The van der Waals surface area contributed by atoms with Crippen LogP contribution in [0.5, 0.6) is 17.2 Å². The molecule has 0 saturated heterocycles. The van der Waals surface area contributed by atoms with Gasteiger partial charge in [0.1, 0.15) is 0 Å². The molecule has 0 aliphatic carbocycles. The van der Waals surface area contributed by atoms with E-state index in [1.807, 2.05) is 74.1 Å². The van der Waals surface area contributed by atoms with E-state index in [4.69, 9.17) is 14.2 Å². The number of hydrazine groups is 1. The molecule has 8 heteroatoms. The molecule has 2 aromatic carbocycles. The van der Waals surface area contributed by atoms with Crippen molar-refractivity contribution >= 4 is 11.8 Å². The van der Waals surface area contributed by atoms with E-state index in [-0.39, 0.29) is 17.9 Å². The first kappa shape index (κ1) is 23.7. The number of nitrogens with one attached hydrogen (secondary N) is 2. The number of amides is 2. The molecule has 0 fully saturated rings. The van der Waals surface area contributed by atoms with E-state index < -0.39 is 5.91 Å². The highest BCUT2D eigenvalue weighted by Crippen LogP contribution is 2.39. The van der Waals surface area contributed by atoms with Gasteiger partial charge in [-0.3, -0.25) is 20.4 Å². The van der Waals surface area contributed by atoms with Crippen LogP contribution in [0.15, 0.2) is 60.9 Å². The summed E-state index contributed by atoms with van der Waals surface area (Å²) in [5.41, 5.74) is 7.02. The van der Waals surface area contributed by atoms with E-state index in [0.717, 1.165) is 11.3 Å². The van der Waals surface area contributed by atoms with Crippen LogP contribution in [0.25, 0.3) is 5.69 Å². The standard InChI is InChI=1S/C25H29N3O5/c1-4-31-21-16-19(17-22(32-5-2)24(21)33-6-3)25(30)27-26-23(29)15-18-9-11-20(12-10-18)28-13-7-8-14-28/h7-14,16-17H,4-6,15H2,1-3H3,(H,26,29)(H,27,30). The zero-order valence-electron chi connectivity index (χ0n) is 19.1. The molecule has 2 amide bonds. The fourth-order valence-electron chi connectivity index (χ4n) is 3.24. The van der Waals surface area contributed by atoms with Gasteiger partial charge < -0.3 is 18.8 Å². The maximum absolute atomic E-state index is 12.7. The van der Waals surface area contributed by atoms with E-state index in [9.17, 15) is 9.59 Å². The van der Waals surface area contributed by atoms with Gasteiger partial charge in [-0.05, 0) is 62.7 Å². The quantitative estimate of drug-likeness (QED) is 0.459. The van der Waals surface area contributed by atoms with Gasteiger partial charge in [-0.15, -0.1) is 0 Å². The molecule has 0 saturated carbocycles. The van der Waals surface area contributed by atoms with Crippen molar-refractivity contribution < 1.29 is 23.8 Å². The van der Waals surface area contributed by atoms with E-state index in [1.165, 1.54) is 0 Å². The van der Waals surface area contributed by atoms with Crippen molar-refractivity contribution in [1.82, 2.24) is 15.4 Å². The second-order valence-corrected chi connectivity index (χ2v) is 7.04. The molecule has 3 aromatic rings. The van der Waals surface area contributed by atoms with Gasteiger partial charge in [0.25, 0.3) is 5.91 Å². The van der Waals surface area contributed by atoms with Gasteiger partial charge in [-0.1, -0.05) is 12.1 Å². The van der Waals surface area contributed by atoms with E-state index >= 15 is 0 Å². The van der Waals surface area contributed by atoms with Crippen molar-refractivity contribution in [3.05, 3.63) is 72.1 Å². The summed E-state index contributed by atoms with van der Waals surface area (Å²) < 4.78 is 18.9. The minimum absolute atomic E-state index is 0.129. The Morgan fingerprint density at radius 3 is 1.94 bits per heavy atom. The minimum Gasteiger partial charge on any atom is -0.490 e. The summed E-state index contributed by atoms with van der Waals surface area (Å²) in [7, 11) is 0.